The highest BCUT2D eigenvalue weighted by atomic mass is 32.2. The second kappa shape index (κ2) is 7.64. The molecule has 0 aliphatic rings. The first-order chi connectivity index (χ1) is 11.0. The predicted molar refractivity (Wildman–Crippen MR) is 91.6 cm³/mol. The van der Waals surface area contributed by atoms with Gasteiger partial charge in [0.1, 0.15) is 5.75 Å². The van der Waals surface area contributed by atoms with Crippen molar-refractivity contribution in [3.05, 3.63) is 54.6 Å². The van der Waals surface area contributed by atoms with E-state index in [2.05, 4.69) is 10.3 Å². The number of nitrogens with two attached hydrogens (primary N) is 1. The van der Waals surface area contributed by atoms with Crippen molar-refractivity contribution in [2.24, 2.45) is 10.7 Å². The summed E-state index contributed by atoms with van der Waals surface area (Å²) >= 11 is 0. The minimum absolute atomic E-state index is 0.0834. The zero-order valence-corrected chi connectivity index (χ0v) is 13.6. The predicted octanol–water partition coefficient (Wildman–Crippen LogP) is 1.90. The molecule has 0 fully saturated rings. The van der Waals surface area contributed by atoms with Gasteiger partial charge in [-0.15, -0.1) is 0 Å². The highest BCUT2D eigenvalue weighted by Crippen LogP contribution is 2.16. The fraction of sp³-hybridized carbons (Fsp3) is 0.188. The molecule has 0 spiro atoms. The van der Waals surface area contributed by atoms with Crippen LogP contribution in [0.25, 0.3) is 0 Å². The first kappa shape index (κ1) is 16.8. The molecular weight excluding hydrogens is 314 g/mol. The molecule has 3 N–H and O–H groups in total. The van der Waals surface area contributed by atoms with E-state index in [1.807, 2.05) is 18.2 Å². The van der Waals surface area contributed by atoms with Crippen LogP contribution in [0.3, 0.4) is 0 Å². The Morgan fingerprint density at radius 2 is 1.91 bits per heavy atom. The van der Waals surface area contributed by atoms with Gasteiger partial charge in [-0.3, -0.25) is 4.99 Å². The third-order valence-corrected chi connectivity index (χ3v) is 4.80. The van der Waals surface area contributed by atoms with E-state index in [9.17, 15) is 8.42 Å². The van der Waals surface area contributed by atoms with Crippen LogP contribution in [0.15, 0.2) is 64.5 Å². The Morgan fingerprint density at radius 3 is 2.61 bits per heavy atom. The Kier molecular flexibility index (Phi) is 5.59. The van der Waals surface area contributed by atoms with E-state index in [1.165, 1.54) is 0 Å². The van der Waals surface area contributed by atoms with Gasteiger partial charge in [0.15, 0.2) is 15.8 Å². The number of benzene rings is 2. The molecule has 7 heteroatoms. The fourth-order valence-corrected chi connectivity index (χ4v) is 3.06. The molecule has 23 heavy (non-hydrogen) atoms. The van der Waals surface area contributed by atoms with E-state index in [-0.39, 0.29) is 23.2 Å². The second-order valence-corrected chi connectivity index (χ2v) is 6.86. The van der Waals surface area contributed by atoms with Crippen molar-refractivity contribution in [2.75, 3.05) is 24.7 Å². The molecule has 0 saturated heterocycles. The van der Waals surface area contributed by atoms with Crippen molar-refractivity contribution in [3.63, 3.8) is 0 Å². The van der Waals surface area contributed by atoms with E-state index in [0.29, 0.717) is 5.75 Å². The Morgan fingerprint density at radius 1 is 1.17 bits per heavy atom. The number of hydrogen-bond acceptors (Lipinski definition) is 4. The summed E-state index contributed by atoms with van der Waals surface area (Å²) in [6, 6.07) is 15.5. The second-order valence-electron chi connectivity index (χ2n) is 4.76. The zero-order chi connectivity index (χ0) is 16.7. The molecule has 2 aromatic carbocycles. The van der Waals surface area contributed by atoms with Crippen molar-refractivity contribution in [1.29, 1.82) is 0 Å². The lowest BCUT2D eigenvalue weighted by atomic mass is 10.3. The third-order valence-electron chi connectivity index (χ3n) is 3.09. The summed E-state index contributed by atoms with van der Waals surface area (Å²) < 4.78 is 29.3. The monoisotopic (exact) mass is 333 g/mol. The quantitative estimate of drug-likeness (QED) is 0.622. The number of nitrogens with zero attached hydrogens (tertiary/aromatic N) is 1. The number of ether oxygens (including phenoxy) is 1. The lowest BCUT2D eigenvalue weighted by Crippen LogP contribution is -2.24. The summed E-state index contributed by atoms with van der Waals surface area (Å²) in [7, 11) is -1.78. The van der Waals surface area contributed by atoms with E-state index in [4.69, 9.17) is 10.5 Å². The fourth-order valence-electron chi connectivity index (χ4n) is 1.92. The summed E-state index contributed by atoms with van der Waals surface area (Å²) in [5.41, 5.74) is 6.49. The molecule has 0 aliphatic heterocycles. The molecule has 0 aromatic heterocycles. The van der Waals surface area contributed by atoms with Crippen LogP contribution in [0.1, 0.15) is 0 Å². The van der Waals surface area contributed by atoms with Gasteiger partial charge in [-0.2, -0.15) is 0 Å². The number of aliphatic imine (C=N–C) groups is 1. The Bertz CT molecular complexity index is 774. The molecule has 0 radical (unpaired) electrons. The summed E-state index contributed by atoms with van der Waals surface area (Å²) in [5.74, 6) is 0.744. The molecule has 2 aromatic rings. The minimum Gasteiger partial charge on any atom is -0.497 e. The number of methoxy groups -OCH3 is 1. The van der Waals surface area contributed by atoms with Gasteiger partial charge in [-0.25, -0.2) is 8.42 Å². The van der Waals surface area contributed by atoms with Crippen LogP contribution in [0.2, 0.25) is 0 Å². The first-order valence-electron chi connectivity index (χ1n) is 7.00. The molecule has 6 nitrogen and oxygen atoms in total. The average Bonchev–Trinajstić information content (AvgIpc) is 2.55. The zero-order valence-electron chi connectivity index (χ0n) is 12.8. The maximum Gasteiger partial charge on any atom is 0.193 e. The van der Waals surface area contributed by atoms with Crippen LogP contribution in [-0.4, -0.2) is 33.8 Å². The number of nitrogens with one attached hydrogen (secondary N) is 1. The van der Waals surface area contributed by atoms with Crippen LogP contribution in [0.4, 0.5) is 5.69 Å². The molecule has 0 amide bonds. The topological polar surface area (TPSA) is 93.8 Å². The molecule has 122 valence electrons. The van der Waals surface area contributed by atoms with Crippen LogP contribution >= 0.6 is 0 Å². The standard InChI is InChI=1S/C16H19N3O3S/c1-22-14-7-5-6-13(12-14)19-16(17)18-10-11-23(20,21)15-8-3-2-4-9-15/h2-9,12H,10-11H2,1H3,(H3,17,18,19). The van der Waals surface area contributed by atoms with Gasteiger partial charge in [0, 0.05) is 11.8 Å². The highest BCUT2D eigenvalue weighted by Gasteiger charge is 2.12. The van der Waals surface area contributed by atoms with Gasteiger partial charge >= 0.3 is 0 Å². The SMILES string of the molecule is COc1cccc(NC(N)=NCCS(=O)(=O)c2ccccc2)c1. The molecule has 0 unspecified atom stereocenters. The molecule has 0 saturated carbocycles. The Hall–Kier alpha value is -2.54. The van der Waals surface area contributed by atoms with Crippen molar-refractivity contribution < 1.29 is 13.2 Å². The summed E-state index contributed by atoms with van der Waals surface area (Å²) in [6.45, 7) is 0.0834. The van der Waals surface area contributed by atoms with Crippen molar-refractivity contribution in [2.45, 2.75) is 4.90 Å². The lowest BCUT2D eigenvalue weighted by Gasteiger charge is -2.07. The van der Waals surface area contributed by atoms with Crippen molar-refractivity contribution in [1.82, 2.24) is 0 Å². The van der Waals surface area contributed by atoms with Gasteiger partial charge in [0.05, 0.1) is 24.3 Å². The molecule has 0 atom stereocenters. The van der Waals surface area contributed by atoms with Crippen LogP contribution in [0.5, 0.6) is 5.75 Å². The number of anilines is 1. The molecule has 2 rings (SSSR count). The Labute approximate surface area is 135 Å². The molecular formula is C16H19N3O3S. The van der Waals surface area contributed by atoms with Crippen molar-refractivity contribution >= 4 is 21.5 Å². The number of rotatable bonds is 6. The van der Waals surface area contributed by atoms with Gasteiger partial charge in [-0.1, -0.05) is 24.3 Å². The number of hydrogen-bond donors (Lipinski definition) is 2. The molecule has 0 bridgehead atoms. The minimum atomic E-state index is -3.35. The van der Waals surface area contributed by atoms with Gasteiger partial charge < -0.3 is 15.8 Å². The van der Waals surface area contributed by atoms with E-state index in [0.717, 1.165) is 5.69 Å². The summed E-state index contributed by atoms with van der Waals surface area (Å²) in [5, 5.41) is 2.90. The van der Waals surface area contributed by atoms with E-state index in [1.54, 1.807) is 43.5 Å². The van der Waals surface area contributed by atoms with Gasteiger partial charge in [-0.05, 0) is 24.3 Å². The first-order valence-corrected chi connectivity index (χ1v) is 8.65. The van der Waals surface area contributed by atoms with Gasteiger partial charge in [0.25, 0.3) is 0 Å². The number of sulfone groups is 1. The molecule has 0 heterocycles. The normalized spacial score (nSPS) is 12.0. The van der Waals surface area contributed by atoms with Crippen LogP contribution in [0, 0.1) is 0 Å². The summed E-state index contributed by atoms with van der Waals surface area (Å²) in [4.78, 5) is 4.34. The highest BCUT2D eigenvalue weighted by molar-refractivity contribution is 7.91. The third kappa shape index (κ3) is 5.00. The maximum atomic E-state index is 12.1. The van der Waals surface area contributed by atoms with E-state index < -0.39 is 9.84 Å². The number of guanidine groups is 1. The summed E-state index contributed by atoms with van der Waals surface area (Å²) in [6.07, 6.45) is 0. The smallest absolute Gasteiger partial charge is 0.193 e. The lowest BCUT2D eigenvalue weighted by molar-refractivity contribution is 0.415. The van der Waals surface area contributed by atoms with Crippen LogP contribution < -0.4 is 15.8 Å². The largest absolute Gasteiger partial charge is 0.497 e. The maximum absolute atomic E-state index is 12.1. The average molecular weight is 333 g/mol. The van der Waals surface area contributed by atoms with Crippen LogP contribution in [-0.2, 0) is 9.84 Å². The van der Waals surface area contributed by atoms with E-state index >= 15 is 0 Å². The molecule has 0 aliphatic carbocycles. The Balaban J connectivity index is 1.94. The van der Waals surface area contributed by atoms with Crippen molar-refractivity contribution in [3.8, 4) is 5.75 Å². The van der Waals surface area contributed by atoms with Gasteiger partial charge in [0.2, 0.25) is 0 Å².